The molecule has 2 aliphatic rings. The molecule has 2 heterocycles. The van der Waals surface area contributed by atoms with Crippen molar-refractivity contribution >= 4 is 15.8 Å². The normalized spacial score (nSPS) is 34.3. The number of carboxylic acid groups (broad SMARTS) is 1. The molecule has 2 saturated heterocycles. The van der Waals surface area contributed by atoms with Gasteiger partial charge in [-0.1, -0.05) is 0 Å². The molecule has 0 aromatic heterocycles. The summed E-state index contributed by atoms with van der Waals surface area (Å²) in [7, 11) is -3.13. The summed E-state index contributed by atoms with van der Waals surface area (Å²) in [4.78, 5) is 10.8. The second-order valence-electron chi connectivity index (χ2n) is 3.91. The summed E-state index contributed by atoms with van der Waals surface area (Å²) < 4.78 is 22.5. The first-order valence-corrected chi connectivity index (χ1v) is 5.91. The third-order valence-electron chi connectivity index (χ3n) is 2.92. The van der Waals surface area contributed by atoms with Gasteiger partial charge in [-0.15, -0.1) is 0 Å². The Hall–Kier alpha value is -0.620. The molecule has 0 saturated carbocycles. The van der Waals surface area contributed by atoms with Crippen molar-refractivity contribution in [3.05, 3.63) is 0 Å². The molecule has 13 heavy (non-hydrogen) atoms. The lowest BCUT2D eigenvalue weighted by atomic mass is 9.73. The van der Waals surface area contributed by atoms with Crippen molar-refractivity contribution in [1.82, 2.24) is 5.32 Å². The predicted molar refractivity (Wildman–Crippen MR) is 45.1 cm³/mol. The monoisotopic (exact) mass is 205 g/mol. The van der Waals surface area contributed by atoms with E-state index in [4.69, 9.17) is 5.11 Å². The highest BCUT2D eigenvalue weighted by Crippen LogP contribution is 2.40. The lowest BCUT2D eigenvalue weighted by molar-refractivity contribution is -0.145. The lowest BCUT2D eigenvalue weighted by Gasteiger charge is -2.41. The van der Waals surface area contributed by atoms with Crippen molar-refractivity contribution in [2.75, 3.05) is 24.6 Å². The summed E-state index contributed by atoms with van der Waals surface area (Å²) in [5.74, 6) is -1.85. The van der Waals surface area contributed by atoms with Gasteiger partial charge in [0.25, 0.3) is 0 Å². The Morgan fingerprint density at radius 2 is 2.08 bits per heavy atom. The smallest absolute Gasteiger partial charge is 0.308 e. The van der Waals surface area contributed by atoms with E-state index < -0.39 is 27.1 Å². The number of sulfone groups is 1. The van der Waals surface area contributed by atoms with Crippen LogP contribution in [0.15, 0.2) is 0 Å². The van der Waals surface area contributed by atoms with Gasteiger partial charge in [0.15, 0.2) is 9.84 Å². The average Bonchev–Trinajstić information content (AvgIpc) is 2.20. The predicted octanol–water partition coefficient (Wildman–Crippen LogP) is -1.29. The minimum atomic E-state index is -3.13. The van der Waals surface area contributed by atoms with Crippen molar-refractivity contribution in [1.29, 1.82) is 0 Å². The molecule has 0 radical (unpaired) electrons. The molecule has 6 heteroatoms. The molecule has 2 aliphatic heterocycles. The Bertz CT molecular complexity index is 344. The third-order valence-corrected chi connectivity index (χ3v) is 4.78. The van der Waals surface area contributed by atoms with E-state index in [0.717, 1.165) is 0 Å². The Morgan fingerprint density at radius 1 is 1.46 bits per heavy atom. The molecule has 2 rings (SSSR count). The highest BCUT2D eigenvalue weighted by Gasteiger charge is 2.56. The topological polar surface area (TPSA) is 83.5 Å². The van der Waals surface area contributed by atoms with E-state index in [1.165, 1.54) is 0 Å². The zero-order valence-electron chi connectivity index (χ0n) is 6.99. The van der Waals surface area contributed by atoms with E-state index in [0.29, 0.717) is 13.1 Å². The van der Waals surface area contributed by atoms with Crippen LogP contribution < -0.4 is 5.32 Å². The highest BCUT2D eigenvalue weighted by molar-refractivity contribution is 7.91. The van der Waals surface area contributed by atoms with Gasteiger partial charge in [0.1, 0.15) is 0 Å². The minimum absolute atomic E-state index is 0.0317. The van der Waals surface area contributed by atoms with Gasteiger partial charge < -0.3 is 10.4 Å². The number of hydrogen-bond acceptors (Lipinski definition) is 4. The first kappa shape index (κ1) is 8.96. The van der Waals surface area contributed by atoms with Crippen molar-refractivity contribution in [3.63, 3.8) is 0 Å². The second-order valence-corrected chi connectivity index (χ2v) is 6.02. The molecule has 5 nitrogen and oxygen atoms in total. The number of rotatable bonds is 1. The van der Waals surface area contributed by atoms with Gasteiger partial charge in [0.05, 0.1) is 17.4 Å². The van der Waals surface area contributed by atoms with Crippen molar-refractivity contribution in [2.45, 2.75) is 0 Å². The van der Waals surface area contributed by atoms with Gasteiger partial charge in [0, 0.05) is 18.5 Å². The molecule has 0 amide bonds. The van der Waals surface area contributed by atoms with E-state index in [2.05, 4.69) is 5.32 Å². The number of nitrogens with one attached hydrogen (secondary N) is 1. The fourth-order valence-electron chi connectivity index (χ4n) is 2.16. The van der Waals surface area contributed by atoms with Crippen LogP contribution in [0.25, 0.3) is 0 Å². The van der Waals surface area contributed by atoms with Crippen molar-refractivity contribution in [3.8, 4) is 0 Å². The van der Waals surface area contributed by atoms with Gasteiger partial charge in [0.2, 0.25) is 0 Å². The maximum Gasteiger partial charge on any atom is 0.308 e. The Balaban J connectivity index is 2.32. The fraction of sp³-hybridized carbons (Fsp3) is 0.857. The van der Waals surface area contributed by atoms with Crippen LogP contribution in [-0.2, 0) is 14.6 Å². The Labute approximate surface area is 76.0 Å². The Kier molecular flexibility index (Phi) is 1.69. The summed E-state index contributed by atoms with van der Waals surface area (Å²) in [6.45, 7) is 1.03. The number of hydrogen-bond donors (Lipinski definition) is 2. The molecule has 2 N–H and O–H groups in total. The van der Waals surface area contributed by atoms with E-state index in [-0.39, 0.29) is 11.5 Å². The van der Waals surface area contributed by atoms with Gasteiger partial charge in [-0.25, -0.2) is 8.42 Å². The zero-order chi connectivity index (χ0) is 9.69. The lowest BCUT2D eigenvalue weighted by Crippen LogP contribution is -2.59. The van der Waals surface area contributed by atoms with Gasteiger partial charge in [-0.2, -0.15) is 0 Å². The third kappa shape index (κ3) is 1.24. The molecule has 0 aromatic rings. The van der Waals surface area contributed by atoms with E-state index in [1.807, 2.05) is 0 Å². The molecular weight excluding hydrogens is 194 g/mol. The molecule has 74 valence electrons. The quantitative estimate of drug-likeness (QED) is 0.556. The van der Waals surface area contributed by atoms with Crippen LogP contribution >= 0.6 is 0 Å². The van der Waals surface area contributed by atoms with Gasteiger partial charge in [-0.05, 0) is 0 Å². The highest BCUT2D eigenvalue weighted by atomic mass is 32.2. The SMILES string of the molecule is O=C(O)C1CS(=O)(=O)CC12CNC2. The molecule has 0 bridgehead atoms. The average molecular weight is 205 g/mol. The molecule has 0 aliphatic carbocycles. The van der Waals surface area contributed by atoms with Crippen molar-refractivity contribution in [2.24, 2.45) is 11.3 Å². The van der Waals surface area contributed by atoms with Crippen molar-refractivity contribution < 1.29 is 18.3 Å². The van der Waals surface area contributed by atoms with Crippen LogP contribution in [0.5, 0.6) is 0 Å². The molecule has 1 atom stereocenters. The van der Waals surface area contributed by atoms with Crippen LogP contribution in [0, 0.1) is 11.3 Å². The van der Waals surface area contributed by atoms with Crippen LogP contribution in [0.2, 0.25) is 0 Å². The summed E-state index contributed by atoms with van der Waals surface area (Å²) >= 11 is 0. The van der Waals surface area contributed by atoms with Gasteiger partial charge >= 0.3 is 5.97 Å². The molecule has 0 aromatic carbocycles. The summed E-state index contributed by atoms with van der Waals surface area (Å²) in [5, 5.41) is 11.8. The molecule has 1 unspecified atom stereocenters. The maximum absolute atomic E-state index is 11.3. The summed E-state index contributed by atoms with van der Waals surface area (Å²) in [5.41, 5.74) is -0.509. The molecule has 1 spiro atoms. The number of carbonyl (C=O) groups is 1. The van der Waals surface area contributed by atoms with Gasteiger partial charge in [-0.3, -0.25) is 4.79 Å². The largest absolute Gasteiger partial charge is 0.481 e. The Morgan fingerprint density at radius 3 is 2.38 bits per heavy atom. The minimum Gasteiger partial charge on any atom is -0.481 e. The van der Waals surface area contributed by atoms with Crippen LogP contribution in [-0.4, -0.2) is 44.1 Å². The van der Waals surface area contributed by atoms with E-state index in [9.17, 15) is 13.2 Å². The first-order chi connectivity index (χ1) is 5.95. The van der Waals surface area contributed by atoms with Crippen LogP contribution in [0.3, 0.4) is 0 Å². The standard InChI is InChI=1S/C7H11NO4S/c9-6(10)5-1-13(11,12)4-7(5)2-8-3-7/h5,8H,1-4H2,(H,9,10). The van der Waals surface area contributed by atoms with Crippen LogP contribution in [0.4, 0.5) is 0 Å². The number of carboxylic acids is 1. The molecular formula is C7H11NO4S. The fourth-order valence-corrected chi connectivity index (χ4v) is 4.56. The van der Waals surface area contributed by atoms with E-state index >= 15 is 0 Å². The first-order valence-electron chi connectivity index (χ1n) is 4.09. The van der Waals surface area contributed by atoms with E-state index in [1.54, 1.807) is 0 Å². The second kappa shape index (κ2) is 2.45. The summed E-state index contributed by atoms with van der Waals surface area (Å²) in [6, 6.07) is 0. The number of aliphatic carboxylic acids is 1. The zero-order valence-corrected chi connectivity index (χ0v) is 7.80. The molecule has 2 fully saturated rings. The maximum atomic E-state index is 11.3. The van der Waals surface area contributed by atoms with Crippen LogP contribution in [0.1, 0.15) is 0 Å². The summed E-state index contributed by atoms with van der Waals surface area (Å²) in [6.07, 6.45) is 0.